The van der Waals surface area contributed by atoms with Crippen LogP contribution < -0.4 is 16.4 Å². The van der Waals surface area contributed by atoms with Gasteiger partial charge in [0.25, 0.3) is 0 Å². The number of anilines is 1. The van der Waals surface area contributed by atoms with Crippen molar-refractivity contribution in [2.24, 2.45) is 5.73 Å². The summed E-state index contributed by atoms with van der Waals surface area (Å²) in [7, 11) is 0. The molecule has 1 aliphatic heterocycles. The number of nitrogens with one attached hydrogen (secondary N) is 2. The highest BCUT2D eigenvalue weighted by atomic mass is 16.1. The van der Waals surface area contributed by atoms with E-state index in [4.69, 9.17) is 5.73 Å². The third-order valence-electron chi connectivity index (χ3n) is 4.66. The standard InChI is InChI=1S/C21H27N5O/c1-14-12-17(13-21(2,3)26-14)24-20-23-11-10-18(25-20)16-7-4-15(5-8-16)6-9-19(22)27/h4-5,7-8,10-11,17,26H,1,6,9,12-13H2,2-3H3,(H2,22,27)(H,23,24,25). The first kappa shape index (κ1) is 18.9. The van der Waals surface area contributed by atoms with Crippen molar-refractivity contribution in [3.63, 3.8) is 0 Å². The molecule has 2 aromatic rings. The molecule has 3 rings (SSSR count). The summed E-state index contributed by atoms with van der Waals surface area (Å²) in [6, 6.07) is 10.2. The zero-order valence-corrected chi connectivity index (χ0v) is 16.0. The lowest BCUT2D eigenvalue weighted by molar-refractivity contribution is -0.117. The predicted octanol–water partition coefficient (Wildman–Crippen LogP) is 3.02. The van der Waals surface area contributed by atoms with Crippen molar-refractivity contribution in [2.75, 3.05) is 5.32 Å². The van der Waals surface area contributed by atoms with Crippen LogP contribution in [-0.4, -0.2) is 27.5 Å². The van der Waals surface area contributed by atoms with Gasteiger partial charge >= 0.3 is 0 Å². The highest BCUT2D eigenvalue weighted by Crippen LogP contribution is 2.26. The molecule has 1 fully saturated rings. The minimum atomic E-state index is -0.283. The van der Waals surface area contributed by atoms with E-state index in [9.17, 15) is 4.79 Å². The molecular formula is C21H27N5O. The fourth-order valence-electron chi connectivity index (χ4n) is 3.55. The lowest BCUT2D eigenvalue weighted by Crippen LogP contribution is -2.48. The Kier molecular flexibility index (Phi) is 5.44. The van der Waals surface area contributed by atoms with E-state index in [2.05, 4.69) is 41.0 Å². The van der Waals surface area contributed by atoms with Crippen molar-refractivity contribution < 1.29 is 4.79 Å². The number of carbonyl (C=O) groups is 1. The van der Waals surface area contributed by atoms with Gasteiger partial charge in [-0.1, -0.05) is 30.8 Å². The molecule has 0 aliphatic carbocycles. The molecule has 0 spiro atoms. The Labute approximate surface area is 160 Å². The number of aryl methyl sites for hydroxylation is 1. The van der Waals surface area contributed by atoms with Crippen molar-refractivity contribution in [2.45, 2.75) is 51.1 Å². The first-order chi connectivity index (χ1) is 12.8. The number of carbonyl (C=O) groups excluding carboxylic acids is 1. The van der Waals surface area contributed by atoms with Crippen LogP contribution in [-0.2, 0) is 11.2 Å². The Morgan fingerprint density at radius 1 is 1.33 bits per heavy atom. The molecule has 142 valence electrons. The molecule has 1 amide bonds. The molecule has 0 radical (unpaired) electrons. The Balaban J connectivity index is 1.70. The third kappa shape index (κ3) is 5.29. The van der Waals surface area contributed by atoms with Crippen LogP contribution in [0, 0.1) is 0 Å². The smallest absolute Gasteiger partial charge is 0.223 e. The predicted molar refractivity (Wildman–Crippen MR) is 108 cm³/mol. The van der Waals surface area contributed by atoms with Gasteiger partial charge in [-0.2, -0.15) is 0 Å². The van der Waals surface area contributed by atoms with E-state index >= 15 is 0 Å². The maximum absolute atomic E-state index is 10.9. The molecule has 6 heteroatoms. The molecule has 6 nitrogen and oxygen atoms in total. The van der Waals surface area contributed by atoms with E-state index in [1.54, 1.807) is 6.20 Å². The Hall–Kier alpha value is -2.89. The van der Waals surface area contributed by atoms with E-state index < -0.39 is 0 Å². The minimum absolute atomic E-state index is 0.00531. The number of hydrogen-bond acceptors (Lipinski definition) is 5. The summed E-state index contributed by atoms with van der Waals surface area (Å²) in [6.07, 6.45) is 4.60. The molecular weight excluding hydrogens is 338 g/mol. The summed E-state index contributed by atoms with van der Waals surface area (Å²) in [5.74, 6) is 0.343. The maximum Gasteiger partial charge on any atom is 0.223 e. The van der Waals surface area contributed by atoms with E-state index in [-0.39, 0.29) is 17.5 Å². The summed E-state index contributed by atoms with van der Waals surface area (Å²) in [6.45, 7) is 8.42. The largest absolute Gasteiger partial charge is 0.384 e. The monoisotopic (exact) mass is 365 g/mol. The van der Waals surface area contributed by atoms with E-state index in [1.165, 1.54) is 0 Å². The molecule has 0 saturated carbocycles. The second kappa shape index (κ2) is 7.78. The van der Waals surface area contributed by atoms with Crippen molar-refractivity contribution in [1.29, 1.82) is 0 Å². The molecule has 1 unspecified atom stereocenters. The van der Waals surface area contributed by atoms with Crippen LogP contribution in [0.5, 0.6) is 0 Å². The van der Waals surface area contributed by atoms with Gasteiger partial charge in [-0.15, -0.1) is 0 Å². The summed E-state index contributed by atoms with van der Waals surface area (Å²) in [5, 5.41) is 6.87. The number of hydrogen-bond donors (Lipinski definition) is 3. The number of benzene rings is 1. The zero-order valence-electron chi connectivity index (χ0n) is 16.0. The molecule has 1 saturated heterocycles. The molecule has 1 aliphatic rings. The van der Waals surface area contributed by atoms with Crippen molar-refractivity contribution >= 4 is 11.9 Å². The van der Waals surface area contributed by atoms with Gasteiger partial charge in [-0.3, -0.25) is 4.79 Å². The van der Waals surface area contributed by atoms with E-state index in [1.807, 2.05) is 30.3 Å². The van der Waals surface area contributed by atoms with Crippen LogP contribution in [0.4, 0.5) is 5.95 Å². The second-order valence-corrected chi connectivity index (χ2v) is 7.79. The van der Waals surface area contributed by atoms with Crippen molar-refractivity contribution in [3.8, 4) is 11.3 Å². The zero-order chi connectivity index (χ0) is 19.4. The van der Waals surface area contributed by atoms with Crippen LogP contribution in [0.3, 0.4) is 0 Å². The highest BCUT2D eigenvalue weighted by Gasteiger charge is 2.29. The van der Waals surface area contributed by atoms with Crippen LogP contribution in [0.25, 0.3) is 11.3 Å². The van der Waals surface area contributed by atoms with E-state index in [0.29, 0.717) is 18.8 Å². The van der Waals surface area contributed by atoms with Gasteiger partial charge in [0, 0.05) is 41.9 Å². The van der Waals surface area contributed by atoms with Gasteiger partial charge < -0.3 is 16.4 Å². The average molecular weight is 365 g/mol. The third-order valence-corrected chi connectivity index (χ3v) is 4.66. The fraction of sp³-hybridized carbons (Fsp3) is 0.381. The van der Waals surface area contributed by atoms with Gasteiger partial charge in [0.2, 0.25) is 11.9 Å². The summed E-state index contributed by atoms with van der Waals surface area (Å²) >= 11 is 0. The Morgan fingerprint density at radius 2 is 2.07 bits per heavy atom. The lowest BCUT2D eigenvalue weighted by Gasteiger charge is -2.38. The Bertz CT molecular complexity index is 829. The summed E-state index contributed by atoms with van der Waals surface area (Å²) < 4.78 is 0. The number of nitrogens with two attached hydrogens (primary N) is 1. The molecule has 1 atom stereocenters. The normalized spacial score (nSPS) is 18.6. The topological polar surface area (TPSA) is 92.9 Å². The molecule has 1 aromatic carbocycles. The van der Waals surface area contributed by atoms with Gasteiger partial charge in [0.15, 0.2) is 0 Å². The fourth-order valence-corrected chi connectivity index (χ4v) is 3.55. The molecule has 2 heterocycles. The maximum atomic E-state index is 10.9. The number of primary amides is 1. The lowest BCUT2D eigenvalue weighted by atomic mass is 9.88. The number of amides is 1. The van der Waals surface area contributed by atoms with Crippen molar-refractivity contribution in [1.82, 2.24) is 15.3 Å². The first-order valence-electron chi connectivity index (χ1n) is 9.24. The number of nitrogens with zero attached hydrogens (tertiary/aromatic N) is 2. The SMILES string of the molecule is C=C1CC(Nc2nccc(-c3ccc(CCC(N)=O)cc3)n2)CC(C)(C)N1. The summed E-state index contributed by atoms with van der Waals surface area (Å²) in [4.78, 5) is 20.0. The first-order valence-corrected chi connectivity index (χ1v) is 9.24. The number of piperidine rings is 1. The van der Waals surface area contributed by atoms with Crippen LogP contribution in [0.15, 0.2) is 48.8 Å². The summed E-state index contributed by atoms with van der Waals surface area (Å²) in [5.41, 5.74) is 9.20. The molecule has 4 N–H and O–H groups in total. The van der Waals surface area contributed by atoms with Gasteiger partial charge in [0.1, 0.15) is 0 Å². The average Bonchev–Trinajstić information content (AvgIpc) is 2.59. The Morgan fingerprint density at radius 3 is 2.74 bits per heavy atom. The number of rotatable bonds is 6. The second-order valence-electron chi connectivity index (χ2n) is 7.79. The molecule has 1 aromatic heterocycles. The minimum Gasteiger partial charge on any atom is -0.384 e. The molecule has 27 heavy (non-hydrogen) atoms. The quantitative estimate of drug-likeness (QED) is 0.732. The van der Waals surface area contributed by atoms with Crippen LogP contribution >= 0.6 is 0 Å². The van der Waals surface area contributed by atoms with Crippen molar-refractivity contribution in [3.05, 3.63) is 54.4 Å². The van der Waals surface area contributed by atoms with Gasteiger partial charge in [-0.25, -0.2) is 9.97 Å². The van der Waals surface area contributed by atoms with Crippen LogP contribution in [0.1, 0.15) is 38.7 Å². The number of aromatic nitrogens is 2. The van der Waals surface area contributed by atoms with E-state index in [0.717, 1.165) is 35.4 Å². The van der Waals surface area contributed by atoms with Crippen LogP contribution in [0.2, 0.25) is 0 Å². The van der Waals surface area contributed by atoms with Gasteiger partial charge in [0.05, 0.1) is 5.69 Å². The highest BCUT2D eigenvalue weighted by molar-refractivity contribution is 5.74. The van der Waals surface area contributed by atoms with Gasteiger partial charge in [-0.05, 0) is 38.3 Å². The molecule has 0 bridgehead atoms.